The minimum Gasteiger partial charge on any atom is -0.383 e. The van der Waals surface area contributed by atoms with Gasteiger partial charge in [0.15, 0.2) is 0 Å². The largest absolute Gasteiger partial charge is 0.383 e. The van der Waals surface area contributed by atoms with Gasteiger partial charge in [-0.15, -0.1) is 0 Å². The third kappa shape index (κ3) is 2.31. The van der Waals surface area contributed by atoms with Crippen LogP contribution in [0.3, 0.4) is 0 Å². The number of hydrogen-bond donors (Lipinski definition) is 1. The van der Waals surface area contributed by atoms with Gasteiger partial charge in [0, 0.05) is 23.9 Å². The van der Waals surface area contributed by atoms with E-state index in [1.54, 1.807) is 36.3 Å². The van der Waals surface area contributed by atoms with Crippen LogP contribution in [-0.2, 0) is 7.05 Å². The van der Waals surface area contributed by atoms with Gasteiger partial charge >= 0.3 is 0 Å². The molecule has 0 saturated carbocycles. The highest BCUT2D eigenvalue weighted by atomic mass is 79.9. The minimum atomic E-state index is -0.349. The summed E-state index contributed by atoms with van der Waals surface area (Å²) in [5.41, 5.74) is 8.57. The summed E-state index contributed by atoms with van der Waals surface area (Å²) in [6.45, 7) is 0. The van der Waals surface area contributed by atoms with Crippen LogP contribution in [0.1, 0.15) is 0 Å². The maximum absolute atomic E-state index is 14.2. The molecular weight excluding hydrogens is 335 g/mol. The molecule has 4 nitrogen and oxygen atoms in total. The van der Waals surface area contributed by atoms with Crippen molar-refractivity contribution >= 4 is 21.7 Å². The van der Waals surface area contributed by atoms with E-state index in [-0.39, 0.29) is 5.82 Å². The molecule has 2 heterocycles. The number of aryl methyl sites for hydroxylation is 1. The quantitative estimate of drug-likeness (QED) is 0.770. The lowest BCUT2D eigenvalue weighted by Gasteiger charge is -2.07. The van der Waals surface area contributed by atoms with Gasteiger partial charge in [0.25, 0.3) is 0 Å². The summed E-state index contributed by atoms with van der Waals surface area (Å²) in [7, 11) is 1.73. The average Bonchev–Trinajstić information content (AvgIpc) is 2.75. The first-order chi connectivity index (χ1) is 10.1. The van der Waals surface area contributed by atoms with E-state index in [0.717, 1.165) is 5.56 Å². The van der Waals surface area contributed by atoms with Crippen LogP contribution in [0.25, 0.3) is 22.4 Å². The van der Waals surface area contributed by atoms with Gasteiger partial charge in [-0.05, 0) is 45.8 Å². The molecule has 2 N–H and O–H groups in total. The molecule has 21 heavy (non-hydrogen) atoms. The van der Waals surface area contributed by atoms with Gasteiger partial charge in [-0.2, -0.15) is 5.10 Å². The molecule has 0 radical (unpaired) electrons. The molecule has 0 saturated heterocycles. The van der Waals surface area contributed by atoms with Crippen molar-refractivity contribution in [1.82, 2.24) is 14.8 Å². The number of benzene rings is 1. The lowest BCUT2D eigenvalue weighted by atomic mass is 10.0. The molecule has 0 amide bonds. The number of hydrogen-bond acceptors (Lipinski definition) is 3. The van der Waals surface area contributed by atoms with Crippen LogP contribution in [0.2, 0.25) is 0 Å². The van der Waals surface area contributed by atoms with E-state index < -0.39 is 0 Å². The van der Waals surface area contributed by atoms with E-state index in [1.807, 2.05) is 12.1 Å². The fraction of sp³-hybridized carbons (Fsp3) is 0.0667. The van der Waals surface area contributed by atoms with Gasteiger partial charge in [-0.3, -0.25) is 9.67 Å². The zero-order valence-electron chi connectivity index (χ0n) is 11.2. The normalized spacial score (nSPS) is 10.8. The van der Waals surface area contributed by atoms with Gasteiger partial charge in [0.2, 0.25) is 0 Å². The number of nitrogens with zero attached hydrogens (tertiary/aromatic N) is 3. The molecule has 3 rings (SSSR count). The topological polar surface area (TPSA) is 56.7 Å². The number of nitrogens with two attached hydrogens (primary N) is 1. The van der Waals surface area contributed by atoms with E-state index in [1.165, 1.54) is 6.07 Å². The van der Waals surface area contributed by atoms with Crippen molar-refractivity contribution in [2.24, 2.45) is 7.05 Å². The summed E-state index contributed by atoms with van der Waals surface area (Å²) < 4.78 is 16.4. The van der Waals surface area contributed by atoms with Gasteiger partial charge < -0.3 is 5.73 Å². The van der Waals surface area contributed by atoms with E-state index >= 15 is 0 Å². The Morgan fingerprint density at radius 3 is 2.52 bits per heavy atom. The maximum Gasteiger partial charge on any atom is 0.133 e. The second-order valence-corrected chi connectivity index (χ2v) is 5.42. The molecule has 0 bridgehead atoms. The first-order valence-corrected chi connectivity index (χ1v) is 7.06. The highest BCUT2D eigenvalue weighted by molar-refractivity contribution is 9.10. The number of halogens is 2. The fourth-order valence-corrected chi connectivity index (χ4v) is 2.77. The van der Waals surface area contributed by atoms with Crippen molar-refractivity contribution in [3.05, 3.63) is 53.0 Å². The smallest absolute Gasteiger partial charge is 0.133 e. The summed E-state index contributed by atoms with van der Waals surface area (Å²) in [5, 5.41) is 4.38. The Kier molecular flexibility index (Phi) is 3.47. The predicted molar refractivity (Wildman–Crippen MR) is 83.9 cm³/mol. The second-order valence-electron chi connectivity index (χ2n) is 4.57. The van der Waals surface area contributed by atoms with Gasteiger partial charge in [0.1, 0.15) is 17.3 Å². The molecule has 0 fully saturated rings. The highest BCUT2D eigenvalue weighted by Gasteiger charge is 2.21. The molecule has 0 atom stereocenters. The Bertz CT molecular complexity index is 779. The molecule has 1 aromatic carbocycles. The monoisotopic (exact) mass is 346 g/mol. The van der Waals surface area contributed by atoms with Crippen molar-refractivity contribution in [2.75, 3.05) is 5.73 Å². The Hall–Kier alpha value is -2.21. The number of anilines is 1. The molecule has 0 spiro atoms. The van der Waals surface area contributed by atoms with Crippen molar-refractivity contribution in [3.8, 4) is 22.4 Å². The third-order valence-electron chi connectivity index (χ3n) is 3.26. The number of nitrogen functional groups attached to an aromatic ring is 1. The molecule has 106 valence electrons. The van der Waals surface area contributed by atoms with Crippen molar-refractivity contribution in [2.45, 2.75) is 0 Å². The molecule has 0 aliphatic carbocycles. The number of aromatic nitrogens is 3. The molecule has 0 unspecified atom stereocenters. The fourth-order valence-electron chi connectivity index (χ4n) is 2.24. The molecule has 6 heteroatoms. The van der Waals surface area contributed by atoms with Crippen LogP contribution >= 0.6 is 15.9 Å². The van der Waals surface area contributed by atoms with Crippen molar-refractivity contribution in [3.63, 3.8) is 0 Å². The Balaban J connectivity index is 2.33. The first kappa shape index (κ1) is 13.8. The predicted octanol–water partition coefficient (Wildman–Crippen LogP) is 3.63. The summed E-state index contributed by atoms with van der Waals surface area (Å²) >= 11 is 3.38. The molecule has 0 aliphatic heterocycles. The van der Waals surface area contributed by atoms with E-state index in [4.69, 9.17) is 5.73 Å². The number of rotatable bonds is 2. The van der Waals surface area contributed by atoms with Crippen LogP contribution in [0, 0.1) is 5.82 Å². The van der Waals surface area contributed by atoms with E-state index in [9.17, 15) is 4.39 Å². The maximum atomic E-state index is 14.2. The Morgan fingerprint density at radius 2 is 1.86 bits per heavy atom. The molecule has 2 aromatic heterocycles. The van der Waals surface area contributed by atoms with Crippen LogP contribution in [-0.4, -0.2) is 14.8 Å². The van der Waals surface area contributed by atoms with Crippen molar-refractivity contribution in [1.29, 1.82) is 0 Å². The standard InChI is InChI=1S/C15H12BrFN4/c1-21-15(18)12(9-5-7-19-8-6-9)14(20-21)13-10(16)3-2-4-11(13)17/h2-8H,18H2,1H3. The van der Waals surface area contributed by atoms with Gasteiger partial charge in [-0.25, -0.2) is 4.39 Å². The molecule has 3 aromatic rings. The lowest BCUT2D eigenvalue weighted by molar-refractivity contribution is 0.629. The second kappa shape index (κ2) is 5.29. The van der Waals surface area contributed by atoms with Gasteiger partial charge in [-0.1, -0.05) is 6.07 Å². The third-order valence-corrected chi connectivity index (χ3v) is 3.92. The van der Waals surface area contributed by atoms with Crippen LogP contribution < -0.4 is 5.73 Å². The highest BCUT2D eigenvalue weighted by Crippen LogP contribution is 2.39. The summed E-state index contributed by atoms with van der Waals surface area (Å²) in [4.78, 5) is 3.99. The Morgan fingerprint density at radius 1 is 1.14 bits per heavy atom. The van der Waals surface area contributed by atoms with Crippen LogP contribution in [0.15, 0.2) is 47.2 Å². The number of pyridine rings is 1. The zero-order chi connectivity index (χ0) is 15.0. The first-order valence-electron chi connectivity index (χ1n) is 6.27. The summed E-state index contributed by atoms with van der Waals surface area (Å²) in [5.74, 6) is 0.129. The van der Waals surface area contributed by atoms with Crippen molar-refractivity contribution < 1.29 is 4.39 Å². The Labute approximate surface area is 129 Å². The molecule has 0 aliphatic rings. The average molecular weight is 347 g/mol. The molecular formula is C15H12BrFN4. The van der Waals surface area contributed by atoms with Gasteiger partial charge in [0.05, 0.1) is 11.1 Å². The van der Waals surface area contributed by atoms with E-state index in [2.05, 4.69) is 26.0 Å². The lowest BCUT2D eigenvalue weighted by Crippen LogP contribution is -1.98. The van der Waals surface area contributed by atoms with Crippen LogP contribution in [0.4, 0.5) is 10.2 Å². The SMILES string of the molecule is Cn1nc(-c2c(F)cccc2Br)c(-c2ccncc2)c1N. The van der Waals surface area contributed by atoms with Crippen LogP contribution in [0.5, 0.6) is 0 Å². The zero-order valence-corrected chi connectivity index (χ0v) is 12.8. The summed E-state index contributed by atoms with van der Waals surface area (Å²) in [6.07, 6.45) is 3.34. The minimum absolute atomic E-state index is 0.349. The summed E-state index contributed by atoms with van der Waals surface area (Å²) in [6, 6.07) is 8.47. The van der Waals surface area contributed by atoms with E-state index in [0.29, 0.717) is 27.1 Å².